The summed E-state index contributed by atoms with van der Waals surface area (Å²) >= 11 is 0. The van der Waals surface area contributed by atoms with Gasteiger partial charge in [-0.2, -0.15) is 0 Å². The molecule has 7 heteroatoms. The lowest BCUT2D eigenvalue weighted by Crippen LogP contribution is -2.46. The Balaban J connectivity index is 4.35. The van der Waals surface area contributed by atoms with E-state index >= 15 is 0 Å². The van der Waals surface area contributed by atoms with Crippen LogP contribution in [0.1, 0.15) is 87.5 Å². The lowest BCUT2D eigenvalue weighted by Gasteiger charge is -2.28. The molecule has 0 fully saturated rings. The summed E-state index contributed by atoms with van der Waals surface area (Å²) in [7, 11) is -2.66. The topological polar surface area (TPSA) is 66.0 Å². The minimum Gasteiger partial charge on any atom is -0.444 e. The molecule has 1 amide bonds. The van der Waals surface area contributed by atoms with Gasteiger partial charge in [0, 0.05) is 32.4 Å². The number of ether oxygens (including phenoxy) is 1. The molecule has 0 aromatic rings. The smallest absolute Gasteiger partial charge is 0.444 e. The molecule has 0 aliphatic heterocycles. The molecular formula is C24H47NO5Si. The van der Waals surface area contributed by atoms with Crippen molar-refractivity contribution >= 4 is 14.9 Å². The van der Waals surface area contributed by atoms with Gasteiger partial charge in [-0.1, -0.05) is 23.3 Å². The highest BCUT2D eigenvalue weighted by Gasteiger charge is 2.39. The summed E-state index contributed by atoms with van der Waals surface area (Å²) in [5.41, 5.74) is 2.22. The van der Waals surface area contributed by atoms with Crippen LogP contribution in [-0.2, 0) is 18.0 Å². The van der Waals surface area contributed by atoms with E-state index in [2.05, 4.69) is 38.2 Å². The van der Waals surface area contributed by atoms with Crippen LogP contribution in [0.3, 0.4) is 0 Å². The van der Waals surface area contributed by atoms with Crippen LogP contribution < -0.4 is 5.32 Å². The summed E-state index contributed by atoms with van der Waals surface area (Å²) in [4.78, 5) is 12.2. The standard InChI is InChI=1S/C24H47NO5Si/c1-9-27-31(28-10-2,29-11-3)20-14-19-25-23(26)30-24(7,8)18-13-17-22(6)16-12-15-21(4)5/h15,17H,9-14,16,18-20H2,1-8H3,(H,25,26)/b22-17+. The first-order valence-electron chi connectivity index (χ1n) is 11.8. The molecule has 0 saturated heterocycles. The third-order valence-corrected chi connectivity index (χ3v) is 7.87. The summed E-state index contributed by atoms with van der Waals surface area (Å²) in [6.07, 6.45) is 8.68. The van der Waals surface area contributed by atoms with Crippen LogP contribution in [0, 0.1) is 0 Å². The van der Waals surface area contributed by atoms with Crippen LogP contribution in [0.15, 0.2) is 23.3 Å². The fraction of sp³-hybridized carbons (Fsp3) is 0.792. The Morgan fingerprint density at radius 2 is 1.52 bits per heavy atom. The van der Waals surface area contributed by atoms with E-state index in [0.29, 0.717) is 32.4 Å². The van der Waals surface area contributed by atoms with Crippen LogP contribution in [-0.4, -0.2) is 46.9 Å². The van der Waals surface area contributed by atoms with Gasteiger partial charge in [-0.3, -0.25) is 0 Å². The van der Waals surface area contributed by atoms with E-state index in [1.54, 1.807) is 0 Å². The lowest BCUT2D eigenvalue weighted by atomic mass is 10.0. The van der Waals surface area contributed by atoms with Gasteiger partial charge in [-0.05, 0) is 87.5 Å². The number of alkyl carbamates (subject to hydrolysis) is 1. The van der Waals surface area contributed by atoms with Gasteiger partial charge in [0.25, 0.3) is 0 Å². The molecule has 0 atom stereocenters. The van der Waals surface area contributed by atoms with Gasteiger partial charge in [0.15, 0.2) is 0 Å². The van der Waals surface area contributed by atoms with E-state index in [9.17, 15) is 4.79 Å². The number of allylic oxidation sites excluding steroid dienone is 4. The molecule has 0 aliphatic carbocycles. The Hall–Kier alpha value is -1.15. The van der Waals surface area contributed by atoms with E-state index in [4.69, 9.17) is 18.0 Å². The summed E-state index contributed by atoms with van der Waals surface area (Å²) < 4.78 is 23.2. The number of hydrogen-bond acceptors (Lipinski definition) is 5. The van der Waals surface area contributed by atoms with Crippen LogP contribution >= 0.6 is 0 Å². The van der Waals surface area contributed by atoms with Crippen LogP contribution in [0.25, 0.3) is 0 Å². The first-order valence-corrected chi connectivity index (χ1v) is 13.7. The monoisotopic (exact) mass is 457 g/mol. The Labute approximate surface area is 192 Å². The van der Waals surface area contributed by atoms with Crippen molar-refractivity contribution in [3.63, 3.8) is 0 Å². The van der Waals surface area contributed by atoms with Crippen LogP contribution in [0.5, 0.6) is 0 Å². The van der Waals surface area contributed by atoms with Gasteiger partial charge < -0.3 is 23.3 Å². The maximum Gasteiger partial charge on any atom is 0.500 e. The zero-order chi connectivity index (χ0) is 23.8. The van der Waals surface area contributed by atoms with E-state index in [1.807, 2.05) is 34.6 Å². The second-order valence-electron chi connectivity index (χ2n) is 8.57. The second kappa shape index (κ2) is 16.5. The van der Waals surface area contributed by atoms with Crippen molar-refractivity contribution in [3.05, 3.63) is 23.3 Å². The van der Waals surface area contributed by atoms with E-state index in [-0.39, 0.29) is 6.09 Å². The normalized spacial score (nSPS) is 12.6. The van der Waals surface area contributed by atoms with Crippen molar-refractivity contribution in [3.8, 4) is 0 Å². The molecule has 0 bridgehead atoms. The number of nitrogens with one attached hydrogen (secondary N) is 1. The molecule has 0 saturated carbocycles. The van der Waals surface area contributed by atoms with E-state index in [1.165, 1.54) is 11.1 Å². The molecule has 6 nitrogen and oxygen atoms in total. The zero-order valence-electron chi connectivity index (χ0n) is 21.3. The largest absolute Gasteiger partial charge is 0.500 e. The SMILES string of the molecule is CCO[Si](CCCNC(=O)OC(C)(C)CC/C=C(\C)CCC=C(C)C)(OCC)OCC. The molecule has 0 rings (SSSR count). The highest BCUT2D eigenvalue weighted by molar-refractivity contribution is 6.60. The van der Waals surface area contributed by atoms with Crippen molar-refractivity contribution < 1.29 is 22.8 Å². The summed E-state index contributed by atoms with van der Waals surface area (Å²) in [5, 5.41) is 2.85. The molecule has 0 aromatic heterocycles. The number of rotatable bonds is 17. The number of amides is 1. The van der Waals surface area contributed by atoms with Crippen LogP contribution in [0.2, 0.25) is 6.04 Å². The van der Waals surface area contributed by atoms with Crippen molar-refractivity contribution in [1.82, 2.24) is 5.32 Å². The van der Waals surface area contributed by atoms with Gasteiger partial charge in [0.2, 0.25) is 0 Å². The molecule has 0 aromatic carbocycles. The first-order chi connectivity index (χ1) is 14.6. The maximum atomic E-state index is 12.2. The quantitative estimate of drug-likeness (QED) is 0.155. The fourth-order valence-corrected chi connectivity index (χ4v) is 5.80. The third-order valence-electron chi connectivity index (χ3n) is 4.72. The number of hydrogen-bond donors (Lipinski definition) is 1. The van der Waals surface area contributed by atoms with Crippen LogP contribution in [0.4, 0.5) is 4.79 Å². The average Bonchev–Trinajstić information content (AvgIpc) is 2.65. The van der Waals surface area contributed by atoms with Gasteiger partial charge in [-0.25, -0.2) is 4.79 Å². The Bertz CT molecular complexity index is 539. The summed E-state index contributed by atoms with van der Waals surface area (Å²) in [6, 6.07) is 0.670. The Kier molecular flexibility index (Phi) is 15.9. The second-order valence-corrected chi connectivity index (χ2v) is 11.3. The molecule has 0 spiro atoms. The van der Waals surface area contributed by atoms with Gasteiger partial charge in [0.05, 0.1) is 0 Å². The molecule has 1 N–H and O–H groups in total. The van der Waals surface area contributed by atoms with Crippen molar-refractivity contribution in [2.24, 2.45) is 0 Å². The number of carbonyl (C=O) groups excluding carboxylic acids is 1. The Morgan fingerprint density at radius 3 is 2.03 bits per heavy atom. The van der Waals surface area contributed by atoms with Crippen molar-refractivity contribution in [2.45, 2.75) is 99.1 Å². The third kappa shape index (κ3) is 15.3. The molecule has 0 unspecified atom stereocenters. The minimum atomic E-state index is -2.66. The van der Waals surface area contributed by atoms with Gasteiger partial charge in [-0.15, -0.1) is 0 Å². The first kappa shape index (κ1) is 29.8. The fourth-order valence-electron chi connectivity index (χ4n) is 3.19. The molecule has 182 valence electrons. The molecule has 0 radical (unpaired) electrons. The van der Waals surface area contributed by atoms with Gasteiger partial charge >= 0.3 is 14.9 Å². The Morgan fingerprint density at radius 1 is 0.935 bits per heavy atom. The van der Waals surface area contributed by atoms with Crippen molar-refractivity contribution in [1.29, 1.82) is 0 Å². The highest BCUT2D eigenvalue weighted by atomic mass is 28.4. The van der Waals surface area contributed by atoms with Gasteiger partial charge in [0.1, 0.15) is 5.60 Å². The van der Waals surface area contributed by atoms with E-state index < -0.39 is 14.4 Å². The molecule has 0 heterocycles. The zero-order valence-corrected chi connectivity index (χ0v) is 22.3. The predicted molar refractivity (Wildman–Crippen MR) is 130 cm³/mol. The number of carbonyl (C=O) groups is 1. The predicted octanol–water partition coefficient (Wildman–Crippen LogP) is 6.40. The molecule has 0 aliphatic rings. The minimum absolute atomic E-state index is 0.384. The average molecular weight is 458 g/mol. The molecular weight excluding hydrogens is 410 g/mol. The van der Waals surface area contributed by atoms with E-state index in [0.717, 1.165) is 32.1 Å². The van der Waals surface area contributed by atoms with Crippen molar-refractivity contribution in [2.75, 3.05) is 26.4 Å². The highest BCUT2D eigenvalue weighted by Crippen LogP contribution is 2.20. The summed E-state index contributed by atoms with van der Waals surface area (Å²) in [5.74, 6) is 0. The maximum absolute atomic E-state index is 12.2. The molecule has 31 heavy (non-hydrogen) atoms. The lowest BCUT2D eigenvalue weighted by molar-refractivity contribution is 0.0331. The summed E-state index contributed by atoms with van der Waals surface area (Å²) in [6.45, 7) is 18.3.